The molecule has 0 rings (SSSR count). The van der Waals surface area contributed by atoms with Gasteiger partial charge in [0.25, 0.3) is 0 Å². The van der Waals surface area contributed by atoms with Crippen molar-refractivity contribution >= 4 is 8.80 Å². The second-order valence-electron chi connectivity index (χ2n) is 20.7. The average Bonchev–Trinajstić information content (AvgIpc) is 3.23. The summed E-state index contributed by atoms with van der Waals surface area (Å²) in [5.74, 6) is 0.738. The van der Waals surface area contributed by atoms with Gasteiger partial charge in [-0.25, -0.2) is 0 Å². The van der Waals surface area contributed by atoms with Crippen LogP contribution in [0.15, 0.2) is 0 Å². The van der Waals surface area contributed by atoms with E-state index in [1.807, 2.05) is 0 Å². The van der Waals surface area contributed by atoms with E-state index in [-0.39, 0.29) is 38.1 Å². The molecule has 0 radical (unpaired) electrons. The molecule has 0 aliphatic rings. The van der Waals surface area contributed by atoms with Crippen LogP contribution in [-0.4, -0.2) is 25.6 Å². The molecule has 0 bridgehead atoms. The molecule has 0 amide bonds. The van der Waals surface area contributed by atoms with Gasteiger partial charge in [-0.3, -0.25) is 0 Å². The third-order valence-corrected chi connectivity index (χ3v) is 21.7. The molecule has 0 aromatic heterocycles. The normalized spacial score (nSPS) is 18.8. The lowest BCUT2D eigenvalue weighted by atomic mass is 9.49. The molecule has 4 heteroatoms. The summed E-state index contributed by atoms with van der Waals surface area (Å²) in [7, 11) is -3.79. The first kappa shape index (κ1) is 59.1. The van der Waals surface area contributed by atoms with Gasteiger partial charge in [-0.15, -0.1) is 0 Å². The lowest BCUT2D eigenvalue weighted by Gasteiger charge is -2.67. The summed E-state index contributed by atoms with van der Waals surface area (Å²) < 4.78 is 26.4. The van der Waals surface area contributed by atoms with Crippen molar-refractivity contribution in [2.24, 2.45) is 22.2 Å². The zero-order valence-electron chi connectivity index (χ0n) is 44.6. The van der Waals surface area contributed by atoms with Crippen LogP contribution in [0.1, 0.15) is 311 Å². The maximum Gasteiger partial charge on any atom is 0.509 e. The minimum Gasteiger partial charge on any atom is -0.367 e. The van der Waals surface area contributed by atoms with Gasteiger partial charge in [0.1, 0.15) is 0 Å². The summed E-state index contributed by atoms with van der Waals surface area (Å²) in [6, 6.07) is 0. The zero-order chi connectivity index (χ0) is 45.5. The lowest BCUT2D eigenvalue weighted by molar-refractivity contribution is -0.188. The second kappa shape index (κ2) is 28.1. The summed E-state index contributed by atoms with van der Waals surface area (Å²) in [6.45, 7) is 47.1. The fourth-order valence-corrected chi connectivity index (χ4v) is 18.7. The van der Waals surface area contributed by atoms with E-state index in [1.54, 1.807) is 0 Å². The summed E-state index contributed by atoms with van der Waals surface area (Å²) in [6.07, 6.45) is 32.0. The van der Waals surface area contributed by atoms with E-state index in [4.69, 9.17) is 13.3 Å². The van der Waals surface area contributed by atoms with Crippen molar-refractivity contribution < 1.29 is 13.3 Å². The van der Waals surface area contributed by atoms with Gasteiger partial charge >= 0.3 is 8.80 Å². The predicted octanol–water partition coefficient (Wildman–Crippen LogP) is 19.8. The van der Waals surface area contributed by atoms with Gasteiger partial charge in [0, 0.05) is 5.04 Å². The Labute approximate surface area is 376 Å². The van der Waals surface area contributed by atoms with Crippen LogP contribution in [0, 0.1) is 22.2 Å². The van der Waals surface area contributed by atoms with Crippen molar-refractivity contribution in [1.82, 2.24) is 0 Å². The highest BCUT2D eigenvalue weighted by atomic mass is 28.4. The molecule has 0 aromatic rings. The van der Waals surface area contributed by atoms with Crippen LogP contribution in [0.5, 0.6) is 0 Å². The Morgan fingerprint density at radius 2 is 0.864 bits per heavy atom. The van der Waals surface area contributed by atoms with Crippen LogP contribution in [0.4, 0.5) is 0 Å². The number of hydrogen-bond donors (Lipinski definition) is 0. The van der Waals surface area contributed by atoms with Crippen molar-refractivity contribution in [3.63, 3.8) is 0 Å². The highest BCUT2D eigenvalue weighted by Gasteiger charge is 2.75. The van der Waals surface area contributed by atoms with E-state index in [1.165, 1.54) is 77.0 Å². The van der Waals surface area contributed by atoms with Crippen LogP contribution in [0.3, 0.4) is 0 Å². The smallest absolute Gasteiger partial charge is 0.367 e. The van der Waals surface area contributed by atoms with Crippen molar-refractivity contribution in [2.45, 2.75) is 333 Å². The van der Waals surface area contributed by atoms with Gasteiger partial charge in [-0.05, 0) is 125 Å². The van der Waals surface area contributed by atoms with Crippen LogP contribution in [-0.2, 0) is 13.3 Å². The molecule has 6 atom stereocenters. The van der Waals surface area contributed by atoms with Crippen LogP contribution in [0.25, 0.3) is 0 Å². The molecule has 0 saturated carbocycles. The topological polar surface area (TPSA) is 27.7 Å². The SMILES string of the molecule is CCCCC(C)(CC)C(CC)(CCC)O[Si](OC(CC)(CC)CCC)(OC(CC)(CCC)CCC)C(C)(CCC)C(CC)(CCCC)C(CC)(CC)CCC(C)CCC. The molecule has 3 nitrogen and oxygen atoms in total. The Bertz CT molecular complexity index is 1050. The monoisotopic (exact) mass is 851 g/mol. The predicted molar refractivity (Wildman–Crippen MR) is 268 cm³/mol. The van der Waals surface area contributed by atoms with E-state index in [2.05, 4.69) is 132 Å². The molecule has 0 saturated heterocycles. The van der Waals surface area contributed by atoms with E-state index in [0.29, 0.717) is 0 Å². The third-order valence-electron chi connectivity index (χ3n) is 17.6. The van der Waals surface area contributed by atoms with Gasteiger partial charge in [0.15, 0.2) is 0 Å². The Morgan fingerprint density at radius 1 is 0.390 bits per heavy atom. The molecule has 6 unspecified atom stereocenters. The van der Waals surface area contributed by atoms with E-state index in [0.717, 1.165) is 109 Å². The van der Waals surface area contributed by atoms with Crippen LogP contribution < -0.4 is 0 Å². The third kappa shape index (κ3) is 13.3. The first-order chi connectivity index (χ1) is 28.0. The molecule has 0 N–H and O–H groups in total. The summed E-state index contributed by atoms with van der Waals surface area (Å²) in [4.78, 5) is 0. The molecule has 0 aromatic carbocycles. The van der Waals surface area contributed by atoms with E-state index >= 15 is 0 Å². The summed E-state index contributed by atoms with van der Waals surface area (Å²) in [5.41, 5.74) is -0.824. The van der Waals surface area contributed by atoms with Crippen molar-refractivity contribution in [3.05, 3.63) is 0 Å². The van der Waals surface area contributed by atoms with Crippen molar-refractivity contribution in [3.8, 4) is 0 Å². The zero-order valence-corrected chi connectivity index (χ0v) is 45.6. The van der Waals surface area contributed by atoms with Gasteiger partial charge in [0.05, 0.1) is 16.8 Å². The van der Waals surface area contributed by atoms with Crippen LogP contribution >= 0.6 is 0 Å². The first-order valence-electron chi connectivity index (χ1n) is 27.1. The number of hydrogen-bond acceptors (Lipinski definition) is 3. The van der Waals surface area contributed by atoms with E-state index < -0.39 is 8.80 Å². The standard InChI is InChI=1S/C55H114O3Si/c1-20-36-45-49(18,28-9)55(35-16,44-27-8)58-59(56-52(31-12,32-13)41-24-5,57-53(33-14,42-25-6)43-26-7)50(19,40-23-4)54(34-15,46-37-21-2)51(29-10,30-11)47-39-48(17)38-22-3/h48H,20-47H2,1-19H3. The molecule has 0 spiro atoms. The molecule has 0 heterocycles. The summed E-state index contributed by atoms with van der Waals surface area (Å²) in [5, 5.41) is -0.308. The molecular weight excluding hydrogens is 737 g/mol. The molecule has 356 valence electrons. The van der Waals surface area contributed by atoms with Crippen LogP contribution in [0.2, 0.25) is 5.04 Å². The highest BCUT2D eigenvalue weighted by Crippen LogP contribution is 2.73. The lowest BCUT2D eigenvalue weighted by Crippen LogP contribution is -2.72. The van der Waals surface area contributed by atoms with Crippen molar-refractivity contribution in [2.75, 3.05) is 0 Å². The molecule has 0 aliphatic heterocycles. The van der Waals surface area contributed by atoms with Gasteiger partial charge in [0.2, 0.25) is 0 Å². The second-order valence-corrected chi connectivity index (χ2v) is 23.5. The minimum atomic E-state index is -3.79. The number of unbranched alkanes of at least 4 members (excludes halogenated alkanes) is 2. The Kier molecular flexibility index (Phi) is 28.1. The molecule has 0 aliphatic carbocycles. The molecule has 0 fully saturated rings. The molecular formula is C55H114O3Si. The minimum absolute atomic E-state index is 0.00256. The van der Waals surface area contributed by atoms with Gasteiger partial charge in [-0.2, -0.15) is 0 Å². The fourth-order valence-electron chi connectivity index (χ4n) is 13.3. The van der Waals surface area contributed by atoms with Gasteiger partial charge < -0.3 is 13.3 Å². The highest BCUT2D eigenvalue weighted by molar-refractivity contribution is 6.65. The fraction of sp³-hybridized carbons (Fsp3) is 1.00. The maximum absolute atomic E-state index is 8.97. The maximum atomic E-state index is 8.97. The first-order valence-corrected chi connectivity index (χ1v) is 28.8. The Balaban J connectivity index is 9.74. The van der Waals surface area contributed by atoms with Crippen molar-refractivity contribution in [1.29, 1.82) is 0 Å². The van der Waals surface area contributed by atoms with Gasteiger partial charge in [-0.1, -0.05) is 209 Å². The number of rotatable bonds is 39. The average molecular weight is 852 g/mol. The quantitative estimate of drug-likeness (QED) is 0.0577. The Hall–Kier alpha value is 0.0969. The Morgan fingerprint density at radius 3 is 1.25 bits per heavy atom. The largest absolute Gasteiger partial charge is 0.509 e. The molecule has 59 heavy (non-hydrogen) atoms. The van der Waals surface area contributed by atoms with E-state index in [9.17, 15) is 0 Å². The summed E-state index contributed by atoms with van der Waals surface area (Å²) >= 11 is 0.